The van der Waals surface area contributed by atoms with Gasteiger partial charge in [-0.25, -0.2) is 9.18 Å². The average Bonchev–Trinajstić information content (AvgIpc) is 2.38. The van der Waals surface area contributed by atoms with Crippen LogP contribution in [-0.2, 0) is 5.88 Å². The number of hydrogen-bond acceptors (Lipinski definition) is 1. The van der Waals surface area contributed by atoms with Gasteiger partial charge in [0, 0.05) is 17.3 Å². The summed E-state index contributed by atoms with van der Waals surface area (Å²) < 4.78 is 13.0. The Balaban J connectivity index is 2.01. The summed E-state index contributed by atoms with van der Waals surface area (Å²) in [6.45, 7) is 0. The highest BCUT2D eigenvalue weighted by molar-refractivity contribution is 6.17. The summed E-state index contributed by atoms with van der Waals surface area (Å²) in [5, 5.41) is 5.20. The van der Waals surface area contributed by atoms with Gasteiger partial charge in [0.1, 0.15) is 5.82 Å². The van der Waals surface area contributed by atoms with Gasteiger partial charge in [0.2, 0.25) is 0 Å². The van der Waals surface area contributed by atoms with Crippen LogP contribution in [0, 0.1) is 5.82 Å². The van der Waals surface area contributed by atoms with Crippen LogP contribution in [0.25, 0.3) is 0 Å². The van der Waals surface area contributed by atoms with E-state index in [1.807, 2.05) is 6.07 Å². The minimum atomic E-state index is -0.433. The summed E-state index contributed by atoms with van der Waals surface area (Å²) in [6, 6.07) is 12.5. The smallest absolute Gasteiger partial charge is 0.308 e. The lowest BCUT2D eigenvalue weighted by Crippen LogP contribution is -2.19. The molecule has 2 amide bonds. The van der Waals surface area contributed by atoms with E-state index >= 15 is 0 Å². The molecule has 0 saturated heterocycles. The fourth-order valence-electron chi connectivity index (χ4n) is 1.59. The summed E-state index contributed by atoms with van der Waals surface area (Å²) in [4.78, 5) is 11.7. The van der Waals surface area contributed by atoms with Crippen LogP contribution < -0.4 is 10.6 Å². The van der Waals surface area contributed by atoms with E-state index in [-0.39, 0.29) is 0 Å². The Hall–Kier alpha value is -2.07. The number of alkyl halides is 1. The molecular formula is C14H12ClFN2O. The number of benzene rings is 2. The number of anilines is 2. The molecule has 0 unspecified atom stereocenters. The Morgan fingerprint density at radius 3 is 2.32 bits per heavy atom. The van der Waals surface area contributed by atoms with Crippen LogP contribution in [0.5, 0.6) is 0 Å². The van der Waals surface area contributed by atoms with E-state index in [1.54, 1.807) is 24.3 Å². The predicted octanol–water partition coefficient (Wildman–Crippen LogP) is 4.21. The maximum atomic E-state index is 13.0. The summed E-state index contributed by atoms with van der Waals surface area (Å²) >= 11 is 5.71. The molecule has 0 atom stereocenters. The maximum absolute atomic E-state index is 13.0. The summed E-state index contributed by atoms with van der Waals surface area (Å²) in [7, 11) is 0. The monoisotopic (exact) mass is 278 g/mol. The molecule has 0 saturated carbocycles. The van der Waals surface area contributed by atoms with Gasteiger partial charge in [-0.3, -0.25) is 0 Å². The second-order valence-electron chi connectivity index (χ2n) is 3.92. The molecule has 0 aromatic heterocycles. The standard InChI is InChI=1S/C14H12ClFN2O/c15-9-10-3-1-5-12(7-10)17-14(19)18-13-6-2-4-11(16)8-13/h1-8H,9H2,(H2,17,18,19). The van der Waals surface area contributed by atoms with Gasteiger partial charge in [0.05, 0.1) is 0 Å². The molecule has 0 aliphatic carbocycles. The normalized spacial score (nSPS) is 10.0. The number of hydrogen-bond donors (Lipinski definition) is 2. The van der Waals surface area contributed by atoms with Crippen molar-refractivity contribution < 1.29 is 9.18 Å². The minimum absolute atomic E-state index is 0.376. The van der Waals surface area contributed by atoms with E-state index in [2.05, 4.69) is 10.6 Å². The third-order valence-electron chi connectivity index (χ3n) is 2.42. The van der Waals surface area contributed by atoms with Gasteiger partial charge < -0.3 is 10.6 Å². The quantitative estimate of drug-likeness (QED) is 0.812. The number of nitrogens with one attached hydrogen (secondary N) is 2. The topological polar surface area (TPSA) is 41.1 Å². The number of halogens is 2. The molecule has 2 aromatic rings. The van der Waals surface area contributed by atoms with Crippen molar-refractivity contribution in [2.45, 2.75) is 5.88 Å². The Morgan fingerprint density at radius 2 is 1.68 bits per heavy atom. The van der Waals surface area contributed by atoms with Crippen molar-refractivity contribution in [3.63, 3.8) is 0 Å². The molecule has 0 bridgehead atoms. The molecule has 0 spiro atoms. The second kappa shape index (κ2) is 6.20. The third-order valence-corrected chi connectivity index (χ3v) is 2.73. The summed E-state index contributed by atoms with van der Waals surface area (Å²) in [5.41, 5.74) is 1.93. The van der Waals surface area contributed by atoms with Crippen LogP contribution in [0.15, 0.2) is 48.5 Å². The average molecular weight is 279 g/mol. The van der Waals surface area contributed by atoms with E-state index in [0.29, 0.717) is 17.3 Å². The highest BCUT2D eigenvalue weighted by Crippen LogP contribution is 2.14. The van der Waals surface area contributed by atoms with Gasteiger partial charge >= 0.3 is 6.03 Å². The number of rotatable bonds is 3. The van der Waals surface area contributed by atoms with Crippen LogP contribution in [0.1, 0.15) is 5.56 Å². The molecular weight excluding hydrogens is 267 g/mol. The van der Waals surface area contributed by atoms with Crippen molar-refractivity contribution in [2.75, 3.05) is 10.6 Å². The first-order valence-corrected chi connectivity index (χ1v) is 6.19. The number of amides is 2. The van der Waals surface area contributed by atoms with Crippen LogP contribution in [0.2, 0.25) is 0 Å². The number of carbonyl (C=O) groups excluding carboxylic acids is 1. The van der Waals surface area contributed by atoms with Crippen LogP contribution in [0.4, 0.5) is 20.6 Å². The van der Waals surface area contributed by atoms with Gasteiger partial charge in [-0.1, -0.05) is 18.2 Å². The zero-order valence-corrected chi connectivity index (χ0v) is 10.7. The lowest BCUT2D eigenvalue weighted by molar-refractivity contribution is 0.262. The molecule has 98 valence electrons. The van der Waals surface area contributed by atoms with Gasteiger partial charge in [-0.15, -0.1) is 11.6 Å². The largest absolute Gasteiger partial charge is 0.323 e. The van der Waals surface area contributed by atoms with Crippen molar-refractivity contribution in [2.24, 2.45) is 0 Å². The SMILES string of the molecule is O=C(Nc1cccc(F)c1)Nc1cccc(CCl)c1. The van der Waals surface area contributed by atoms with Gasteiger partial charge in [0.15, 0.2) is 0 Å². The summed E-state index contributed by atoms with van der Waals surface area (Å²) in [5.74, 6) is -0.0250. The van der Waals surface area contributed by atoms with Crippen LogP contribution >= 0.6 is 11.6 Å². The molecule has 2 rings (SSSR count). The maximum Gasteiger partial charge on any atom is 0.323 e. The third kappa shape index (κ3) is 3.96. The molecule has 5 heteroatoms. The molecule has 2 aromatic carbocycles. The number of urea groups is 1. The van der Waals surface area contributed by atoms with E-state index in [4.69, 9.17) is 11.6 Å². The molecule has 19 heavy (non-hydrogen) atoms. The Morgan fingerprint density at radius 1 is 1.05 bits per heavy atom. The zero-order valence-electron chi connectivity index (χ0n) is 9.99. The highest BCUT2D eigenvalue weighted by Gasteiger charge is 2.03. The van der Waals surface area contributed by atoms with Gasteiger partial charge in [-0.05, 0) is 35.9 Å². The van der Waals surface area contributed by atoms with Crippen molar-refractivity contribution in [3.05, 3.63) is 59.9 Å². The first-order chi connectivity index (χ1) is 9.17. The van der Waals surface area contributed by atoms with E-state index in [9.17, 15) is 9.18 Å². The van der Waals surface area contributed by atoms with Crippen molar-refractivity contribution >= 4 is 29.0 Å². The zero-order chi connectivity index (χ0) is 13.7. The first kappa shape index (κ1) is 13.4. The highest BCUT2D eigenvalue weighted by atomic mass is 35.5. The van der Waals surface area contributed by atoms with Crippen LogP contribution in [0.3, 0.4) is 0 Å². The molecule has 0 heterocycles. The molecule has 3 nitrogen and oxygen atoms in total. The van der Waals surface area contributed by atoms with E-state index in [1.165, 1.54) is 18.2 Å². The molecule has 0 fully saturated rings. The Kier molecular flexibility index (Phi) is 4.36. The second-order valence-corrected chi connectivity index (χ2v) is 4.19. The molecule has 0 aliphatic rings. The van der Waals surface area contributed by atoms with Gasteiger partial charge in [-0.2, -0.15) is 0 Å². The van der Waals surface area contributed by atoms with E-state index in [0.717, 1.165) is 5.56 Å². The molecule has 2 N–H and O–H groups in total. The fraction of sp³-hybridized carbons (Fsp3) is 0.0714. The first-order valence-electron chi connectivity index (χ1n) is 5.66. The summed E-state index contributed by atoms with van der Waals surface area (Å²) in [6.07, 6.45) is 0. The fourth-order valence-corrected chi connectivity index (χ4v) is 1.76. The Labute approximate surface area is 115 Å². The predicted molar refractivity (Wildman–Crippen MR) is 75.0 cm³/mol. The molecule has 0 radical (unpaired) electrons. The van der Waals surface area contributed by atoms with Crippen molar-refractivity contribution in [1.29, 1.82) is 0 Å². The van der Waals surface area contributed by atoms with Crippen LogP contribution in [-0.4, -0.2) is 6.03 Å². The Bertz CT molecular complexity index is 589. The lowest BCUT2D eigenvalue weighted by atomic mass is 10.2. The van der Waals surface area contributed by atoms with Gasteiger partial charge in [0.25, 0.3) is 0 Å². The minimum Gasteiger partial charge on any atom is -0.308 e. The molecule has 0 aliphatic heterocycles. The van der Waals surface area contributed by atoms with E-state index < -0.39 is 11.8 Å². The number of carbonyl (C=O) groups is 1. The lowest BCUT2D eigenvalue weighted by Gasteiger charge is -2.08. The van der Waals surface area contributed by atoms with Crippen molar-refractivity contribution in [1.82, 2.24) is 0 Å². The van der Waals surface area contributed by atoms with Crippen molar-refractivity contribution in [3.8, 4) is 0 Å².